The van der Waals surface area contributed by atoms with Crippen molar-refractivity contribution in [2.75, 3.05) is 6.26 Å². The number of carbonyl (C=O) groups excluding carboxylic acids is 2. The maximum absolute atomic E-state index is 13.2. The molecule has 0 radical (unpaired) electrons. The van der Waals surface area contributed by atoms with Crippen molar-refractivity contribution in [3.05, 3.63) is 95.8 Å². The number of hydrogen-bond acceptors (Lipinski definition) is 6. The van der Waals surface area contributed by atoms with E-state index in [1.165, 1.54) is 17.4 Å². The maximum atomic E-state index is 13.2. The van der Waals surface area contributed by atoms with E-state index >= 15 is 0 Å². The molecule has 1 aliphatic heterocycles. The van der Waals surface area contributed by atoms with Gasteiger partial charge in [0.1, 0.15) is 0 Å². The fraction of sp³-hybridized carbons (Fsp3) is 0.231. The van der Waals surface area contributed by atoms with E-state index in [4.69, 9.17) is 5.10 Å². The number of aromatic nitrogens is 1. The van der Waals surface area contributed by atoms with Gasteiger partial charge in [0.05, 0.1) is 10.6 Å². The first-order valence-electron chi connectivity index (χ1n) is 11.2. The fourth-order valence-electron chi connectivity index (χ4n) is 3.99. The Balaban J connectivity index is 1.75. The average molecular weight is 491 g/mol. The predicted molar refractivity (Wildman–Crippen MR) is 132 cm³/mol. The lowest BCUT2D eigenvalue weighted by molar-refractivity contribution is -0.135. The third-order valence-electron chi connectivity index (χ3n) is 5.92. The lowest BCUT2D eigenvalue weighted by Crippen LogP contribution is -2.46. The molecule has 0 aliphatic carbocycles. The number of nitrogens with zero attached hydrogens (tertiary/aromatic N) is 3. The van der Waals surface area contributed by atoms with Crippen molar-refractivity contribution in [2.24, 2.45) is 11.0 Å². The van der Waals surface area contributed by atoms with Crippen molar-refractivity contribution in [3.63, 3.8) is 0 Å². The third kappa shape index (κ3) is 5.46. The molecule has 0 fully saturated rings. The van der Waals surface area contributed by atoms with Crippen LogP contribution in [0.5, 0.6) is 0 Å². The molecule has 2 atom stereocenters. The Morgan fingerprint density at radius 2 is 1.71 bits per heavy atom. The van der Waals surface area contributed by atoms with Gasteiger partial charge in [-0.25, -0.2) is 13.4 Å². The van der Waals surface area contributed by atoms with Gasteiger partial charge in [0, 0.05) is 36.6 Å². The van der Waals surface area contributed by atoms with Gasteiger partial charge in [-0.3, -0.25) is 14.6 Å². The van der Waals surface area contributed by atoms with Gasteiger partial charge in [0.25, 0.3) is 5.91 Å². The van der Waals surface area contributed by atoms with E-state index in [0.29, 0.717) is 23.3 Å². The Hall–Kier alpha value is -3.85. The Bertz CT molecular complexity index is 1340. The van der Waals surface area contributed by atoms with E-state index in [0.717, 1.165) is 11.8 Å². The minimum absolute atomic E-state index is 0.129. The number of hydrazone groups is 1. The Kier molecular flexibility index (Phi) is 7.07. The van der Waals surface area contributed by atoms with Gasteiger partial charge in [0.15, 0.2) is 16.0 Å². The van der Waals surface area contributed by atoms with Crippen LogP contribution in [-0.2, 0) is 14.6 Å². The number of benzene rings is 2. The number of rotatable bonds is 7. The molecule has 0 saturated heterocycles. The van der Waals surface area contributed by atoms with Gasteiger partial charge in [-0.2, -0.15) is 5.10 Å². The topological polar surface area (TPSA) is 109 Å². The molecule has 8 nitrogen and oxygen atoms in total. The van der Waals surface area contributed by atoms with E-state index < -0.39 is 16.0 Å². The molecule has 9 heteroatoms. The van der Waals surface area contributed by atoms with Gasteiger partial charge >= 0.3 is 0 Å². The zero-order valence-electron chi connectivity index (χ0n) is 19.5. The van der Waals surface area contributed by atoms with E-state index in [9.17, 15) is 18.0 Å². The average Bonchev–Trinajstić information content (AvgIpc) is 2.88. The normalized spacial score (nSPS) is 17.0. The minimum Gasteiger partial charge on any atom is -0.326 e. The molecule has 2 heterocycles. The summed E-state index contributed by atoms with van der Waals surface area (Å²) < 4.78 is 23.7. The van der Waals surface area contributed by atoms with Crippen LogP contribution in [0.4, 0.5) is 0 Å². The maximum Gasteiger partial charge on any atom is 0.253 e. The number of carbonyl (C=O) groups is 2. The molecular weight excluding hydrogens is 464 g/mol. The van der Waals surface area contributed by atoms with Crippen LogP contribution in [0.25, 0.3) is 0 Å². The minimum atomic E-state index is -3.33. The zero-order valence-corrected chi connectivity index (χ0v) is 20.3. The van der Waals surface area contributed by atoms with Crippen molar-refractivity contribution in [1.82, 2.24) is 15.3 Å². The summed E-state index contributed by atoms with van der Waals surface area (Å²) in [5, 5.41) is 8.98. The fourth-order valence-corrected chi connectivity index (χ4v) is 4.62. The van der Waals surface area contributed by atoms with E-state index in [1.54, 1.807) is 36.4 Å². The van der Waals surface area contributed by atoms with Crippen LogP contribution >= 0.6 is 0 Å². The second kappa shape index (κ2) is 10.2. The first-order valence-corrected chi connectivity index (χ1v) is 13.1. The molecule has 1 aliphatic rings. The highest BCUT2D eigenvalue weighted by Crippen LogP contribution is 2.30. The van der Waals surface area contributed by atoms with Crippen molar-refractivity contribution < 1.29 is 18.0 Å². The van der Waals surface area contributed by atoms with Gasteiger partial charge in [-0.15, -0.1) is 0 Å². The first-order chi connectivity index (χ1) is 16.8. The second-order valence-corrected chi connectivity index (χ2v) is 10.4. The van der Waals surface area contributed by atoms with Gasteiger partial charge < -0.3 is 5.32 Å². The summed E-state index contributed by atoms with van der Waals surface area (Å²) >= 11 is 0. The molecule has 1 N–H and O–H groups in total. The molecule has 2 aromatic carbocycles. The number of hydrogen-bond donors (Lipinski definition) is 1. The number of sulfone groups is 1. The lowest BCUT2D eigenvalue weighted by atomic mass is 9.89. The molecule has 4 rings (SSSR count). The summed E-state index contributed by atoms with van der Waals surface area (Å²) in [6.45, 7) is 1.98. The Morgan fingerprint density at radius 1 is 1.06 bits per heavy atom. The molecule has 0 saturated carbocycles. The van der Waals surface area contributed by atoms with Crippen LogP contribution in [0.15, 0.2) is 89.1 Å². The van der Waals surface area contributed by atoms with Crippen LogP contribution < -0.4 is 5.32 Å². The van der Waals surface area contributed by atoms with E-state index in [-0.39, 0.29) is 29.0 Å². The summed E-state index contributed by atoms with van der Waals surface area (Å²) in [6, 6.07) is 18.9. The summed E-state index contributed by atoms with van der Waals surface area (Å²) in [4.78, 5) is 30.4. The molecule has 2 unspecified atom stereocenters. The Morgan fingerprint density at radius 3 is 2.31 bits per heavy atom. The van der Waals surface area contributed by atoms with Crippen LogP contribution in [0.3, 0.4) is 0 Å². The zero-order chi connectivity index (χ0) is 25.0. The molecule has 3 aromatic rings. The number of pyridine rings is 1. The van der Waals surface area contributed by atoms with Crippen molar-refractivity contribution >= 4 is 27.4 Å². The van der Waals surface area contributed by atoms with Crippen molar-refractivity contribution in [3.8, 4) is 0 Å². The molecular formula is C26H26N4O4S. The highest BCUT2D eigenvalue weighted by Gasteiger charge is 2.35. The summed E-state index contributed by atoms with van der Waals surface area (Å²) in [5.74, 6) is -0.701. The second-order valence-electron chi connectivity index (χ2n) is 8.35. The molecule has 0 bridgehead atoms. The van der Waals surface area contributed by atoms with E-state index in [1.807, 2.05) is 37.3 Å². The van der Waals surface area contributed by atoms with E-state index in [2.05, 4.69) is 10.3 Å². The van der Waals surface area contributed by atoms with Gasteiger partial charge in [0.2, 0.25) is 5.91 Å². The largest absolute Gasteiger partial charge is 0.326 e. The first kappa shape index (κ1) is 24.3. The van der Waals surface area contributed by atoms with Gasteiger partial charge in [-0.05, 0) is 41.8 Å². The molecule has 35 heavy (non-hydrogen) atoms. The van der Waals surface area contributed by atoms with Crippen LogP contribution in [-0.4, -0.2) is 42.2 Å². The van der Waals surface area contributed by atoms with Crippen LogP contribution in [0.1, 0.15) is 47.4 Å². The molecule has 0 spiro atoms. The lowest BCUT2D eigenvalue weighted by Gasteiger charge is -2.35. The summed E-state index contributed by atoms with van der Waals surface area (Å²) in [6.07, 6.45) is 4.29. The molecule has 1 aromatic heterocycles. The van der Waals surface area contributed by atoms with Crippen LogP contribution in [0.2, 0.25) is 0 Å². The summed E-state index contributed by atoms with van der Waals surface area (Å²) in [5.41, 5.74) is 2.52. The van der Waals surface area contributed by atoms with Crippen molar-refractivity contribution in [1.29, 1.82) is 0 Å². The SMILES string of the molecule is CCC1CC(=O)N(C(NC(=O)c2ccncc2)c2ccccc2)N=C1c1ccc(S(C)(=O)=O)cc1. The monoisotopic (exact) mass is 490 g/mol. The van der Waals surface area contributed by atoms with Gasteiger partial charge in [-0.1, -0.05) is 49.4 Å². The third-order valence-corrected chi connectivity index (χ3v) is 7.05. The summed E-state index contributed by atoms with van der Waals surface area (Å²) in [7, 11) is -3.33. The van der Waals surface area contributed by atoms with Crippen LogP contribution in [0, 0.1) is 5.92 Å². The highest BCUT2D eigenvalue weighted by molar-refractivity contribution is 7.90. The standard InChI is InChI=1S/C26H26N4O4S/c1-3-18-17-23(31)30(29-24(18)19-9-11-22(12-10-19)35(2,33)34)25(20-7-5-4-6-8-20)28-26(32)21-13-15-27-16-14-21/h4-16,18,25H,3,17H2,1-2H3,(H,28,32). The molecule has 2 amide bonds. The number of amides is 2. The quantitative estimate of drug-likeness (QED) is 0.545. The predicted octanol–water partition coefficient (Wildman–Crippen LogP) is 3.58. The Labute approximate surface area is 204 Å². The highest BCUT2D eigenvalue weighted by atomic mass is 32.2. The number of nitrogens with one attached hydrogen (secondary N) is 1. The van der Waals surface area contributed by atoms with Crippen molar-refractivity contribution in [2.45, 2.75) is 30.8 Å². The molecule has 180 valence electrons. The smallest absolute Gasteiger partial charge is 0.253 e.